The maximum atomic E-state index is 2.36. The average Bonchev–Trinajstić information content (AvgIpc) is 2.33. The van der Waals surface area contributed by atoms with Crippen molar-refractivity contribution in [3.05, 3.63) is 27.3 Å². The van der Waals surface area contributed by atoms with Gasteiger partial charge >= 0.3 is 0 Å². The van der Waals surface area contributed by atoms with Crippen molar-refractivity contribution in [3.63, 3.8) is 0 Å². The van der Waals surface area contributed by atoms with E-state index in [9.17, 15) is 0 Å². The zero-order valence-corrected chi connectivity index (χ0v) is 8.41. The molecule has 1 heterocycles. The standard InChI is InChI=1S/C8H7IS/c9-7-1-2-8-6(5-7)3-4-10-8/h1-2,5H,3-4H2. The number of hydrogen-bond donors (Lipinski definition) is 0. The second-order valence-electron chi connectivity index (χ2n) is 2.35. The highest BCUT2D eigenvalue weighted by Crippen LogP contribution is 2.31. The highest BCUT2D eigenvalue weighted by molar-refractivity contribution is 14.1. The first kappa shape index (κ1) is 6.98. The Morgan fingerprint density at radius 1 is 1.40 bits per heavy atom. The molecule has 0 bridgehead atoms. The summed E-state index contributed by atoms with van der Waals surface area (Å²) in [6.45, 7) is 0. The lowest BCUT2D eigenvalue weighted by atomic mass is 10.2. The molecule has 0 N–H and O–H groups in total. The van der Waals surface area contributed by atoms with Crippen molar-refractivity contribution in [2.24, 2.45) is 0 Å². The molecule has 10 heavy (non-hydrogen) atoms. The Morgan fingerprint density at radius 2 is 2.30 bits per heavy atom. The molecule has 0 saturated heterocycles. The third-order valence-corrected chi connectivity index (χ3v) is 3.44. The van der Waals surface area contributed by atoms with Gasteiger partial charge in [-0.1, -0.05) is 0 Å². The second kappa shape index (κ2) is 2.74. The third kappa shape index (κ3) is 1.19. The summed E-state index contributed by atoms with van der Waals surface area (Å²) in [5.74, 6) is 1.27. The molecule has 0 spiro atoms. The summed E-state index contributed by atoms with van der Waals surface area (Å²) in [6, 6.07) is 6.70. The predicted molar refractivity (Wildman–Crippen MR) is 53.6 cm³/mol. The van der Waals surface area contributed by atoms with Crippen LogP contribution in [-0.2, 0) is 6.42 Å². The Morgan fingerprint density at radius 3 is 3.20 bits per heavy atom. The second-order valence-corrected chi connectivity index (χ2v) is 4.73. The van der Waals surface area contributed by atoms with E-state index >= 15 is 0 Å². The van der Waals surface area contributed by atoms with Crippen molar-refractivity contribution >= 4 is 34.4 Å². The van der Waals surface area contributed by atoms with E-state index in [1.807, 2.05) is 11.8 Å². The van der Waals surface area contributed by atoms with E-state index in [2.05, 4.69) is 40.8 Å². The van der Waals surface area contributed by atoms with Gasteiger partial charge in [-0.2, -0.15) is 0 Å². The lowest BCUT2D eigenvalue weighted by Crippen LogP contribution is -1.80. The minimum absolute atomic E-state index is 1.26. The van der Waals surface area contributed by atoms with Crippen LogP contribution in [0.15, 0.2) is 23.1 Å². The third-order valence-electron chi connectivity index (χ3n) is 1.65. The molecule has 0 aliphatic carbocycles. The molecule has 1 aromatic rings. The van der Waals surface area contributed by atoms with Gasteiger partial charge < -0.3 is 0 Å². The van der Waals surface area contributed by atoms with Crippen LogP contribution in [0.1, 0.15) is 5.56 Å². The van der Waals surface area contributed by atoms with E-state index in [0.29, 0.717) is 0 Å². The van der Waals surface area contributed by atoms with Gasteiger partial charge in [-0.15, -0.1) is 11.8 Å². The van der Waals surface area contributed by atoms with Gasteiger partial charge in [0.15, 0.2) is 0 Å². The van der Waals surface area contributed by atoms with Gasteiger partial charge in [0.2, 0.25) is 0 Å². The highest BCUT2D eigenvalue weighted by Gasteiger charge is 2.09. The van der Waals surface area contributed by atoms with E-state index < -0.39 is 0 Å². The van der Waals surface area contributed by atoms with Gasteiger partial charge in [0.25, 0.3) is 0 Å². The highest BCUT2D eigenvalue weighted by atomic mass is 127. The molecule has 1 aliphatic rings. The monoisotopic (exact) mass is 262 g/mol. The molecule has 0 aromatic heterocycles. The van der Waals surface area contributed by atoms with Crippen LogP contribution < -0.4 is 0 Å². The van der Waals surface area contributed by atoms with Gasteiger partial charge in [0, 0.05) is 14.2 Å². The van der Waals surface area contributed by atoms with Crippen LogP contribution in [0.4, 0.5) is 0 Å². The van der Waals surface area contributed by atoms with Gasteiger partial charge in [-0.3, -0.25) is 0 Å². The summed E-state index contributed by atoms with van der Waals surface area (Å²) >= 11 is 4.34. The zero-order chi connectivity index (χ0) is 6.97. The minimum Gasteiger partial charge on any atom is -0.126 e. The van der Waals surface area contributed by atoms with Crippen molar-refractivity contribution in [3.8, 4) is 0 Å². The number of thioether (sulfide) groups is 1. The van der Waals surface area contributed by atoms with Crippen molar-refractivity contribution in [1.82, 2.24) is 0 Å². The quantitative estimate of drug-likeness (QED) is 0.648. The van der Waals surface area contributed by atoms with Crippen molar-refractivity contribution in [1.29, 1.82) is 0 Å². The Kier molecular flexibility index (Phi) is 1.91. The molecule has 2 rings (SSSR count). The van der Waals surface area contributed by atoms with Crippen molar-refractivity contribution in [2.45, 2.75) is 11.3 Å². The first-order valence-electron chi connectivity index (χ1n) is 3.27. The van der Waals surface area contributed by atoms with E-state index in [1.54, 1.807) is 0 Å². The molecule has 0 nitrogen and oxygen atoms in total. The predicted octanol–water partition coefficient (Wildman–Crippen LogP) is 2.94. The number of halogens is 1. The van der Waals surface area contributed by atoms with Crippen molar-refractivity contribution in [2.75, 3.05) is 5.75 Å². The topological polar surface area (TPSA) is 0 Å². The van der Waals surface area contributed by atoms with E-state index in [4.69, 9.17) is 0 Å². The number of hydrogen-bond acceptors (Lipinski definition) is 1. The van der Waals surface area contributed by atoms with E-state index in [-0.39, 0.29) is 0 Å². The first-order chi connectivity index (χ1) is 4.86. The molecular formula is C8H7IS. The summed E-state index contributed by atoms with van der Waals surface area (Å²) in [4.78, 5) is 1.49. The fraction of sp³-hybridized carbons (Fsp3) is 0.250. The summed E-state index contributed by atoms with van der Waals surface area (Å²) in [6.07, 6.45) is 1.26. The zero-order valence-electron chi connectivity index (χ0n) is 5.43. The summed E-state index contributed by atoms with van der Waals surface area (Å²) in [7, 11) is 0. The van der Waals surface area contributed by atoms with Crippen molar-refractivity contribution < 1.29 is 0 Å². The Balaban J connectivity index is 2.52. The normalized spacial score (nSPS) is 15.3. The summed E-state index contributed by atoms with van der Waals surface area (Å²) in [5.41, 5.74) is 1.54. The van der Waals surface area contributed by atoms with Crippen LogP contribution in [0.2, 0.25) is 0 Å². The molecule has 1 aromatic carbocycles. The molecule has 0 amide bonds. The molecule has 0 fully saturated rings. The molecule has 2 heteroatoms. The summed E-state index contributed by atoms with van der Waals surface area (Å²) in [5, 5.41) is 0. The molecule has 0 unspecified atom stereocenters. The maximum absolute atomic E-state index is 2.36. The molecule has 1 aliphatic heterocycles. The van der Waals surface area contributed by atoms with Gasteiger partial charge in [0.05, 0.1) is 0 Å². The number of rotatable bonds is 0. The van der Waals surface area contributed by atoms with Crippen LogP contribution in [0.25, 0.3) is 0 Å². The lowest BCUT2D eigenvalue weighted by molar-refractivity contribution is 1.14. The van der Waals surface area contributed by atoms with Crippen LogP contribution in [-0.4, -0.2) is 5.75 Å². The van der Waals surface area contributed by atoms with E-state index in [1.165, 1.54) is 26.2 Å². The van der Waals surface area contributed by atoms with Gasteiger partial charge in [-0.05, 0) is 52.8 Å². The molecule has 0 saturated carbocycles. The largest absolute Gasteiger partial charge is 0.126 e. The van der Waals surface area contributed by atoms with Crippen LogP contribution in [0.3, 0.4) is 0 Å². The number of fused-ring (bicyclic) bond motifs is 1. The fourth-order valence-corrected chi connectivity index (χ4v) is 2.76. The molecule has 0 radical (unpaired) electrons. The van der Waals surface area contributed by atoms with Crippen LogP contribution in [0.5, 0.6) is 0 Å². The summed E-state index contributed by atoms with van der Waals surface area (Å²) < 4.78 is 1.36. The average molecular weight is 262 g/mol. The van der Waals surface area contributed by atoms with Crippen LogP contribution >= 0.6 is 34.4 Å². The number of benzene rings is 1. The molecular weight excluding hydrogens is 255 g/mol. The number of aryl methyl sites for hydroxylation is 1. The van der Waals surface area contributed by atoms with Crippen LogP contribution in [0, 0.1) is 3.57 Å². The van der Waals surface area contributed by atoms with Gasteiger partial charge in [0.1, 0.15) is 0 Å². The van der Waals surface area contributed by atoms with E-state index in [0.717, 1.165) is 0 Å². The molecule has 0 atom stereocenters. The lowest BCUT2D eigenvalue weighted by Gasteiger charge is -1.96. The maximum Gasteiger partial charge on any atom is 0.0133 e. The fourth-order valence-electron chi connectivity index (χ4n) is 1.16. The Hall–Kier alpha value is 0.300. The Labute approximate surface area is 78.5 Å². The molecule has 52 valence electrons. The van der Waals surface area contributed by atoms with Gasteiger partial charge in [-0.25, -0.2) is 0 Å². The SMILES string of the molecule is Ic1ccc2c(c1)CCS2. The smallest absolute Gasteiger partial charge is 0.0133 e. The minimum atomic E-state index is 1.26. The Bertz CT molecular complexity index is 257. The first-order valence-corrected chi connectivity index (χ1v) is 5.34.